The van der Waals surface area contributed by atoms with E-state index in [0.29, 0.717) is 12.1 Å². The standard InChI is InChI=1S/C13H14N2O2/c1-9-11(13(14)16)5-2-6-12(9)15-8-10-4-3-7-17-10/h2-7,15H,8H2,1H3,(H2,14,16). The zero-order valence-corrected chi connectivity index (χ0v) is 9.57. The number of rotatable bonds is 4. The average Bonchev–Trinajstić information content (AvgIpc) is 2.80. The number of hydrogen-bond acceptors (Lipinski definition) is 3. The molecule has 0 radical (unpaired) electrons. The van der Waals surface area contributed by atoms with Crippen LogP contribution in [0.25, 0.3) is 0 Å². The first-order valence-corrected chi connectivity index (χ1v) is 5.34. The fourth-order valence-corrected chi connectivity index (χ4v) is 1.69. The molecule has 3 N–H and O–H groups in total. The van der Waals surface area contributed by atoms with Gasteiger partial charge in [-0.15, -0.1) is 0 Å². The molecule has 0 atom stereocenters. The molecule has 2 aromatic rings. The normalized spacial score (nSPS) is 10.2. The third-order valence-electron chi connectivity index (χ3n) is 2.63. The highest BCUT2D eigenvalue weighted by Crippen LogP contribution is 2.19. The molecular weight excluding hydrogens is 216 g/mol. The number of anilines is 1. The van der Waals surface area contributed by atoms with Crippen molar-refractivity contribution in [1.82, 2.24) is 0 Å². The molecule has 0 unspecified atom stereocenters. The van der Waals surface area contributed by atoms with Crippen molar-refractivity contribution >= 4 is 11.6 Å². The summed E-state index contributed by atoms with van der Waals surface area (Å²) >= 11 is 0. The number of nitrogens with two attached hydrogens (primary N) is 1. The summed E-state index contributed by atoms with van der Waals surface area (Å²) in [7, 11) is 0. The Balaban J connectivity index is 2.16. The molecule has 0 spiro atoms. The molecule has 1 amide bonds. The van der Waals surface area contributed by atoms with Gasteiger partial charge in [-0.3, -0.25) is 4.79 Å². The lowest BCUT2D eigenvalue weighted by Gasteiger charge is -2.10. The number of hydrogen-bond donors (Lipinski definition) is 2. The molecule has 1 aromatic heterocycles. The van der Waals surface area contributed by atoms with Crippen LogP contribution in [0, 0.1) is 6.92 Å². The smallest absolute Gasteiger partial charge is 0.249 e. The molecule has 88 valence electrons. The van der Waals surface area contributed by atoms with Crippen molar-refractivity contribution in [3.05, 3.63) is 53.5 Å². The topological polar surface area (TPSA) is 68.3 Å². The molecule has 0 aliphatic carbocycles. The van der Waals surface area contributed by atoms with E-state index in [4.69, 9.17) is 10.2 Å². The van der Waals surface area contributed by atoms with Gasteiger partial charge in [-0.05, 0) is 36.8 Å². The molecule has 0 bridgehead atoms. The van der Waals surface area contributed by atoms with Crippen molar-refractivity contribution in [2.24, 2.45) is 5.73 Å². The maximum Gasteiger partial charge on any atom is 0.249 e. The van der Waals surface area contributed by atoms with Gasteiger partial charge >= 0.3 is 0 Å². The molecule has 0 saturated heterocycles. The van der Waals surface area contributed by atoms with Crippen LogP contribution in [0.3, 0.4) is 0 Å². The number of benzene rings is 1. The number of furan rings is 1. The Kier molecular flexibility index (Phi) is 3.14. The van der Waals surface area contributed by atoms with Crippen molar-refractivity contribution in [3.8, 4) is 0 Å². The first-order valence-electron chi connectivity index (χ1n) is 5.34. The molecular formula is C13H14N2O2. The zero-order chi connectivity index (χ0) is 12.3. The molecule has 1 aromatic carbocycles. The predicted molar refractivity (Wildman–Crippen MR) is 65.7 cm³/mol. The number of carbonyl (C=O) groups excluding carboxylic acids is 1. The zero-order valence-electron chi connectivity index (χ0n) is 9.57. The maximum atomic E-state index is 11.2. The summed E-state index contributed by atoms with van der Waals surface area (Å²) < 4.78 is 5.22. The Hall–Kier alpha value is -2.23. The Morgan fingerprint density at radius 3 is 2.82 bits per heavy atom. The van der Waals surface area contributed by atoms with E-state index in [1.807, 2.05) is 25.1 Å². The van der Waals surface area contributed by atoms with E-state index >= 15 is 0 Å². The van der Waals surface area contributed by atoms with E-state index in [-0.39, 0.29) is 0 Å². The Morgan fingerprint density at radius 1 is 1.35 bits per heavy atom. The van der Waals surface area contributed by atoms with Crippen LogP contribution in [0.15, 0.2) is 41.0 Å². The molecule has 17 heavy (non-hydrogen) atoms. The van der Waals surface area contributed by atoms with Crippen LogP contribution >= 0.6 is 0 Å². The summed E-state index contributed by atoms with van der Waals surface area (Å²) in [5, 5.41) is 3.21. The van der Waals surface area contributed by atoms with Gasteiger partial charge in [0.2, 0.25) is 5.91 Å². The van der Waals surface area contributed by atoms with E-state index < -0.39 is 5.91 Å². The Bertz CT molecular complexity index is 518. The largest absolute Gasteiger partial charge is 0.467 e. The van der Waals surface area contributed by atoms with E-state index in [2.05, 4.69) is 5.32 Å². The molecule has 4 nitrogen and oxygen atoms in total. The first kappa shape index (κ1) is 11.3. The van der Waals surface area contributed by atoms with Crippen LogP contribution < -0.4 is 11.1 Å². The van der Waals surface area contributed by atoms with E-state index in [0.717, 1.165) is 17.0 Å². The quantitative estimate of drug-likeness (QED) is 0.846. The lowest BCUT2D eigenvalue weighted by Crippen LogP contribution is -2.13. The summed E-state index contributed by atoms with van der Waals surface area (Å²) in [6, 6.07) is 9.15. The molecule has 1 heterocycles. The SMILES string of the molecule is Cc1c(NCc2ccco2)cccc1C(N)=O. The summed E-state index contributed by atoms with van der Waals surface area (Å²) in [5.41, 5.74) is 7.57. The Morgan fingerprint density at radius 2 is 2.18 bits per heavy atom. The van der Waals surface area contributed by atoms with Crippen LogP contribution in [0.5, 0.6) is 0 Å². The molecule has 2 rings (SSSR count). The van der Waals surface area contributed by atoms with Gasteiger partial charge in [0.15, 0.2) is 0 Å². The van der Waals surface area contributed by atoms with Gasteiger partial charge in [0.05, 0.1) is 12.8 Å². The summed E-state index contributed by atoms with van der Waals surface area (Å²) in [4.78, 5) is 11.2. The average molecular weight is 230 g/mol. The van der Waals surface area contributed by atoms with E-state index in [1.165, 1.54) is 0 Å². The van der Waals surface area contributed by atoms with E-state index in [1.54, 1.807) is 18.4 Å². The summed E-state index contributed by atoms with van der Waals surface area (Å²) in [6.07, 6.45) is 1.63. The minimum absolute atomic E-state index is 0.413. The van der Waals surface area contributed by atoms with Crippen molar-refractivity contribution < 1.29 is 9.21 Å². The van der Waals surface area contributed by atoms with Crippen LogP contribution in [0.1, 0.15) is 21.7 Å². The molecule has 0 saturated carbocycles. The third-order valence-corrected chi connectivity index (χ3v) is 2.63. The van der Waals surface area contributed by atoms with Crippen LogP contribution in [-0.4, -0.2) is 5.91 Å². The number of primary amides is 1. The van der Waals surface area contributed by atoms with Gasteiger partial charge in [0.25, 0.3) is 0 Å². The fourth-order valence-electron chi connectivity index (χ4n) is 1.69. The van der Waals surface area contributed by atoms with Gasteiger partial charge in [-0.2, -0.15) is 0 Å². The Labute approximate surface area is 99.4 Å². The van der Waals surface area contributed by atoms with Crippen LogP contribution in [0.2, 0.25) is 0 Å². The molecule has 0 fully saturated rings. The van der Waals surface area contributed by atoms with Gasteiger partial charge in [0, 0.05) is 11.3 Å². The molecule has 0 aliphatic rings. The van der Waals surface area contributed by atoms with Gasteiger partial charge in [-0.1, -0.05) is 6.07 Å². The lowest BCUT2D eigenvalue weighted by atomic mass is 10.1. The second kappa shape index (κ2) is 4.74. The fraction of sp³-hybridized carbons (Fsp3) is 0.154. The number of amides is 1. The van der Waals surface area contributed by atoms with Crippen LogP contribution in [-0.2, 0) is 6.54 Å². The molecule has 4 heteroatoms. The van der Waals surface area contributed by atoms with E-state index in [9.17, 15) is 4.79 Å². The van der Waals surface area contributed by atoms with Gasteiger partial charge < -0.3 is 15.5 Å². The number of carbonyl (C=O) groups is 1. The minimum Gasteiger partial charge on any atom is -0.467 e. The van der Waals surface area contributed by atoms with Crippen molar-refractivity contribution in [3.63, 3.8) is 0 Å². The molecule has 0 aliphatic heterocycles. The van der Waals surface area contributed by atoms with Crippen molar-refractivity contribution in [1.29, 1.82) is 0 Å². The van der Waals surface area contributed by atoms with Gasteiger partial charge in [0.1, 0.15) is 5.76 Å². The lowest BCUT2D eigenvalue weighted by molar-refractivity contribution is 0.1000. The first-order chi connectivity index (χ1) is 8.18. The highest BCUT2D eigenvalue weighted by molar-refractivity contribution is 5.95. The second-order valence-corrected chi connectivity index (χ2v) is 3.78. The van der Waals surface area contributed by atoms with Crippen molar-refractivity contribution in [2.75, 3.05) is 5.32 Å². The highest BCUT2D eigenvalue weighted by atomic mass is 16.3. The van der Waals surface area contributed by atoms with Gasteiger partial charge in [-0.25, -0.2) is 0 Å². The highest BCUT2D eigenvalue weighted by Gasteiger charge is 2.08. The monoisotopic (exact) mass is 230 g/mol. The van der Waals surface area contributed by atoms with Crippen LogP contribution in [0.4, 0.5) is 5.69 Å². The predicted octanol–water partition coefficient (Wildman–Crippen LogP) is 2.30. The summed E-state index contributed by atoms with van der Waals surface area (Å²) in [6.45, 7) is 2.45. The number of nitrogens with one attached hydrogen (secondary N) is 1. The third kappa shape index (κ3) is 2.47. The second-order valence-electron chi connectivity index (χ2n) is 3.78. The maximum absolute atomic E-state index is 11.2. The summed E-state index contributed by atoms with van der Waals surface area (Å²) in [5.74, 6) is 0.429. The minimum atomic E-state index is -0.413. The van der Waals surface area contributed by atoms with Crippen molar-refractivity contribution in [2.45, 2.75) is 13.5 Å².